The van der Waals surface area contributed by atoms with Crippen molar-refractivity contribution < 1.29 is 19.0 Å². The molecule has 0 aliphatic carbocycles. The lowest BCUT2D eigenvalue weighted by Crippen LogP contribution is -2.40. The number of hydrogen-bond donors (Lipinski definition) is 1. The maximum Gasteiger partial charge on any atom is 0.269 e. The molecule has 1 aliphatic rings. The normalized spacial score (nSPS) is 15.0. The molecule has 1 atom stereocenters. The first-order valence-corrected chi connectivity index (χ1v) is 9.94. The molecule has 1 unspecified atom stereocenters. The number of carbonyl (C=O) groups is 1. The monoisotopic (exact) mass is 415 g/mol. The zero-order valence-electron chi connectivity index (χ0n) is 17.2. The van der Waals surface area contributed by atoms with Gasteiger partial charge in [0.15, 0.2) is 11.5 Å². The number of para-hydroxylation sites is 2. The van der Waals surface area contributed by atoms with Crippen molar-refractivity contribution in [2.24, 2.45) is 0 Å². The number of imidazole rings is 1. The van der Waals surface area contributed by atoms with Crippen LogP contribution in [0.25, 0.3) is 16.9 Å². The van der Waals surface area contributed by atoms with E-state index in [2.05, 4.69) is 5.32 Å². The number of aryl methyl sites for hydroxylation is 1. The van der Waals surface area contributed by atoms with Crippen molar-refractivity contribution in [1.29, 1.82) is 0 Å². The maximum atomic E-state index is 12.9. The van der Waals surface area contributed by atoms with Gasteiger partial charge < -0.3 is 23.9 Å². The van der Waals surface area contributed by atoms with Crippen LogP contribution in [0.4, 0.5) is 5.69 Å². The average molecular weight is 415 g/mol. The number of nitrogens with one attached hydrogen (secondary N) is 1. The fourth-order valence-electron chi connectivity index (χ4n) is 3.62. The minimum Gasteiger partial charge on any atom is -0.495 e. The van der Waals surface area contributed by atoms with Crippen LogP contribution < -0.4 is 19.5 Å². The molecule has 0 radical (unpaired) electrons. The van der Waals surface area contributed by atoms with Crippen LogP contribution in [0.1, 0.15) is 5.56 Å². The Kier molecular flexibility index (Phi) is 4.71. The standard InChI is InChI=1S/C24H21N3O4/c1-15-6-5-11-27-13-18(25-23(15)27)16-9-10-19(29-2)17(12-16)26-24(28)22-14-30-20-7-3-4-8-21(20)31-22/h3-13,22H,14H2,1-2H3,(H,26,28). The van der Waals surface area contributed by atoms with Gasteiger partial charge in [-0.15, -0.1) is 0 Å². The van der Waals surface area contributed by atoms with Crippen LogP contribution in [0.15, 0.2) is 67.0 Å². The Morgan fingerprint density at radius 3 is 2.81 bits per heavy atom. The Morgan fingerprint density at radius 2 is 2.00 bits per heavy atom. The van der Waals surface area contributed by atoms with Gasteiger partial charge in [0.2, 0.25) is 6.10 Å². The van der Waals surface area contributed by atoms with Crippen LogP contribution >= 0.6 is 0 Å². The van der Waals surface area contributed by atoms with E-state index in [0.717, 1.165) is 22.5 Å². The summed E-state index contributed by atoms with van der Waals surface area (Å²) in [7, 11) is 1.56. The number of carbonyl (C=O) groups excluding carboxylic acids is 1. The molecule has 3 heterocycles. The summed E-state index contributed by atoms with van der Waals surface area (Å²) in [6.45, 7) is 2.16. The molecular weight excluding hydrogens is 394 g/mol. The van der Waals surface area contributed by atoms with Crippen LogP contribution in [0.2, 0.25) is 0 Å². The first kappa shape index (κ1) is 19.0. The van der Waals surface area contributed by atoms with Gasteiger partial charge in [-0.2, -0.15) is 0 Å². The molecule has 156 valence electrons. The molecule has 0 saturated carbocycles. The van der Waals surface area contributed by atoms with E-state index in [4.69, 9.17) is 19.2 Å². The van der Waals surface area contributed by atoms with Crippen molar-refractivity contribution in [3.05, 3.63) is 72.6 Å². The second-order valence-corrected chi connectivity index (χ2v) is 7.32. The molecule has 0 bridgehead atoms. The van der Waals surface area contributed by atoms with Gasteiger partial charge in [0.05, 0.1) is 18.5 Å². The minimum absolute atomic E-state index is 0.135. The Balaban J connectivity index is 1.42. The number of methoxy groups -OCH3 is 1. The predicted molar refractivity (Wildman–Crippen MR) is 117 cm³/mol. The van der Waals surface area contributed by atoms with Gasteiger partial charge in [-0.25, -0.2) is 4.98 Å². The topological polar surface area (TPSA) is 74.1 Å². The van der Waals surface area contributed by atoms with Crippen LogP contribution in [0, 0.1) is 6.92 Å². The number of amides is 1. The van der Waals surface area contributed by atoms with Crippen molar-refractivity contribution in [1.82, 2.24) is 9.38 Å². The molecule has 2 aromatic heterocycles. The highest BCUT2D eigenvalue weighted by atomic mass is 16.6. The van der Waals surface area contributed by atoms with E-state index in [0.29, 0.717) is 22.9 Å². The van der Waals surface area contributed by atoms with Crippen LogP contribution in [0.3, 0.4) is 0 Å². The van der Waals surface area contributed by atoms with Gasteiger partial charge in [0.1, 0.15) is 18.0 Å². The van der Waals surface area contributed by atoms with E-state index in [1.807, 2.05) is 72.2 Å². The highest BCUT2D eigenvalue weighted by Crippen LogP contribution is 2.33. The van der Waals surface area contributed by atoms with Crippen molar-refractivity contribution in [3.8, 4) is 28.5 Å². The number of ether oxygens (including phenoxy) is 3. The van der Waals surface area contributed by atoms with E-state index in [1.54, 1.807) is 13.2 Å². The highest BCUT2D eigenvalue weighted by Gasteiger charge is 2.28. The Labute approximate surface area is 179 Å². The molecule has 7 heteroatoms. The molecule has 5 rings (SSSR count). The number of hydrogen-bond acceptors (Lipinski definition) is 5. The van der Waals surface area contributed by atoms with E-state index in [1.165, 1.54) is 0 Å². The average Bonchev–Trinajstić information content (AvgIpc) is 3.24. The lowest BCUT2D eigenvalue weighted by atomic mass is 10.1. The van der Waals surface area contributed by atoms with Crippen molar-refractivity contribution >= 4 is 17.2 Å². The summed E-state index contributed by atoms with van der Waals surface area (Å²) in [4.78, 5) is 17.6. The first-order valence-electron chi connectivity index (χ1n) is 9.94. The fraction of sp³-hybridized carbons (Fsp3) is 0.167. The van der Waals surface area contributed by atoms with Crippen LogP contribution in [-0.2, 0) is 4.79 Å². The SMILES string of the molecule is COc1ccc(-c2cn3cccc(C)c3n2)cc1NC(=O)C1COc2ccccc2O1. The van der Waals surface area contributed by atoms with Gasteiger partial charge in [-0.3, -0.25) is 4.79 Å². The number of nitrogens with zero attached hydrogens (tertiary/aromatic N) is 2. The van der Waals surface area contributed by atoms with E-state index >= 15 is 0 Å². The molecule has 7 nitrogen and oxygen atoms in total. The summed E-state index contributed by atoms with van der Waals surface area (Å²) in [5.74, 6) is 1.42. The zero-order chi connectivity index (χ0) is 21.4. The summed E-state index contributed by atoms with van der Waals surface area (Å²) in [6.07, 6.45) is 3.16. The Hall–Kier alpha value is -4.00. The van der Waals surface area contributed by atoms with E-state index in [9.17, 15) is 4.79 Å². The third-order valence-electron chi connectivity index (χ3n) is 5.23. The molecule has 0 fully saturated rings. The Morgan fingerprint density at radius 1 is 1.16 bits per heavy atom. The summed E-state index contributed by atoms with van der Waals surface area (Å²) in [6, 6.07) is 16.9. The molecule has 4 aromatic rings. The zero-order valence-corrected chi connectivity index (χ0v) is 17.2. The summed E-state index contributed by atoms with van der Waals surface area (Å²) < 4.78 is 18.9. The summed E-state index contributed by atoms with van der Waals surface area (Å²) in [5.41, 5.74) is 4.20. The molecular formula is C24H21N3O4. The number of anilines is 1. The highest BCUT2D eigenvalue weighted by molar-refractivity contribution is 5.96. The van der Waals surface area contributed by atoms with Crippen molar-refractivity contribution in [3.63, 3.8) is 0 Å². The first-order chi connectivity index (χ1) is 15.1. The molecule has 1 aliphatic heterocycles. The third kappa shape index (κ3) is 3.54. The number of aromatic nitrogens is 2. The number of pyridine rings is 1. The maximum absolute atomic E-state index is 12.9. The van der Waals surface area contributed by atoms with E-state index in [-0.39, 0.29) is 12.5 Å². The summed E-state index contributed by atoms with van der Waals surface area (Å²) in [5, 5.41) is 2.91. The van der Waals surface area contributed by atoms with Crippen LogP contribution in [-0.4, -0.2) is 35.1 Å². The third-order valence-corrected chi connectivity index (χ3v) is 5.23. The lowest BCUT2D eigenvalue weighted by molar-refractivity contribution is -0.125. The van der Waals surface area contributed by atoms with Gasteiger partial charge in [0, 0.05) is 18.0 Å². The van der Waals surface area contributed by atoms with Gasteiger partial charge in [-0.1, -0.05) is 18.2 Å². The number of benzene rings is 2. The number of fused-ring (bicyclic) bond motifs is 2. The largest absolute Gasteiger partial charge is 0.495 e. The molecule has 0 spiro atoms. The Bertz CT molecular complexity index is 1280. The van der Waals surface area contributed by atoms with Gasteiger partial charge in [0.25, 0.3) is 5.91 Å². The molecule has 1 amide bonds. The van der Waals surface area contributed by atoms with Gasteiger partial charge in [-0.05, 0) is 48.9 Å². The summed E-state index contributed by atoms with van der Waals surface area (Å²) >= 11 is 0. The van der Waals surface area contributed by atoms with Crippen molar-refractivity contribution in [2.75, 3.05) is 19.0 Å². The fourth-order valence-corrected chi connectivity index (χ4v) is 3.62. The second kappa shape index (κ2) is 7.68. The predicted octanol–water partition coefficient (Wildman–Crippen LogP) is 4.10. The smallest absolute Gasteiger partial charge is 0.269 e. The lowest BCUT2D eigenvalue weighted by Gasteiger charge is -2.25. The van der Waals surface area contributed by atoms with Gasteiger partial charge >= 0.3 is 0 Å². The number of rotatable bonds is 4. The minimum atomic E-state index is -0.763. The molecule has 1 N–H and O–H groups in total. The van der Waals surface area contributed by atoms with Crippen molar-refractivity contribution in [2.45, 2.75) is 13.0 Å². The quantitative estimate of drug-likeness (QED) is 0.543. The second-order valence-electron chi connectivity index (χ2n) is 7.32. The molecule has 31 heavy (non-hydrogen) atoms. The van der Waals surface area contributed by atoms with Crippen LogP contribution in [0.5, 0.6) is 17.2 Å². The van der Waals surface area contributed by atoms with E-state index < -0.39 is 6.10 Å². The molecule has 2 aromatic carbocycles. The molecule has 0 saturated heterocycles.